The zero-order valence-corrected chi connectivity index (χ0v) is 33.9. The van der Waals surface area contributed by atoms with Crippen molar-refractivity contribution in [3.8, 4) is 0 Å². The van der Waals surface area contributed by atoms with Crippen LogP contribution in [0.3, 0.4) is 0 Å². The zero-order valence-electron chi connectivity index (χ0n) is 33.9. The summed E-state index contributed by atoms with van der Waals surface area (Å²) in [7, 11) is 0. The van der Waals surface area contributed by atoms with Crippen LogP contribution in [-0.2, 0) is 4.74 Å². The van der Waals surface area contributed by atoms with Crippen LogP contribution in [-0.4, -0.2) is 12.7 Å². The summed E-state index contributed by atoms with van der Waals surface area (Å²) in [6.45, 7) is 18.6. The Balaban J connectivity index is 1.04. The first-order valence-corrected chi connectivity index (χ1v) is 22.5. The summed E-state index contributed by atoms with van der Waals surface area (Å²) in [5, 5.41) is 0. The van der Waals surface area contributed by atoms with E-state index >= 15 is 0 Å². The van der Waals surface area contributed by atoms with Crippen molar-refractivity contribution in [2.45, 2.75) is 228 Å². The van der Waals surface area contributed by atoms with Crippen molar-refractivity contribution in [2.75, 3.05) is 6.61 Å². The van der Waals surface area contributed by atoms with E-state index < -0.39 is 0 Å². The van der Waals surface area contributed by atoms with Gasteiger partial charge in [-0.3, -0.25) is 0 Å². The van der Waals surface area contributed by atoms with E-state index in [2.05, 4.69) is 54.5 Å². The van der Waals surface area contributed by atoms with Crippen LogP contribution in [0, 0.1) is 52.3 Å². The highest BCUT2D eigenvalue weighted by atomic mass is 16.5. The maximum Gasteiger partial charge on any atom is 0.0612 e. The van der Waals surface area contributed by atoms with E-state index in [-0.39, 0.29) is 0 Å². The number of allylic oxidation sites excluding steroid dienone is 1. The fourth-order valence-corrected chi connectivity index (χ4v) is 12.0. The topological polar surface area (TPSA) is 9.23 Å². The fraction of sp³-hybridized carbons (Fsp3) is 0.957. The maximum absolute atomic E-state index is 6.57. The SMILES string of the molecule is CCC(C)CCCCCCCCCCCCCCCCO[C@H]1CCC2(C)C(=CCC3C2CCC2(C)C(C(C)CCCC(C)C)CCC32)C1. The molecule has 280 valence electrons. The molecule has 48 heavy (non-hydrogen) atoms. The Morgan fingerprint density at radius 2 is 1.29 bits per heavy atom. The lowest BCUT2D eigenvalue weighted by Crippen LogP contribution is -2.51. The Bertz CT molecular complexity index is 903. The van der Waals surface area contributed by atoms with E-state index in [1.165, 1.54) is 173 Å². The summed E-state index contributed by atoms with van der Waals surface area (Å²) in [5.41, 5.74) is 2.86. The van der Waals surface area contributed by atoms with Crippen LogP contribution in [0.5, 0.6) is 0 Å². The summed E-state index contributed by atoms with van der Waals surface area (Å²) in [4.78, 5) is 0. The van der Waals surface area contributed by atoms with E-state index in [1.807, 2.05) is 0 Å². The van der Waals surface area contributed by atoms with Crippen LogP contribution < -0.4 is 0 Å². The van der Waals surface area contributed by atoms with Gasteiger partial charge in [-0.2, -0.15) is 0 Å². The summed E-state index contributed by atoms with van der Waals surface area (Å²) >= 11 is 0. The number of hydrogen-bond donors (Lipinski definition) is 0. The number of fused-ring (bicyclic) bond motifs is 5. The molecule has 1 nitrogen and oxygen atoms in total. The molecule has 8 unspecified atom stereocenters. The molecule has 1 heteroatoms. The molecule has 0 amide bonds. The molecule has 0 spiro atoms. The third kappa shape index (κ3) is 11.3. The lowest BCUT2D eigenvalue weighted by Gasteiger charge is -2.58. The smallest absolute Gasteiger partial charge is 0.0612 e. The van der Waals surface area contributed by atoms with Crippen LogP contribution in [0.1, 0.15) is 222 Å². The first-order chi connectivity index (χ1) is 23.2. The molecule has 0 aromatic rings. The number of unbranched alkanes of at least 4 members (excludes halogenated alkanes) is 13. The number of ether oxygens (including phenoxy) is 1. The molecule has 3 fully saturated rings. The highest BCUT2D eigenvalue weighted by Crippen LogP contribution is 2.67. The largest absolute Gasteiger partial charge is 0.378 e. The molecular weight excluding hydrogens is 581 g/mol. The van der Waals surface area contributed by atoms with Crippen molar-refractivity contribution in [1.82, 2.24) is 0 Å². The molecular formula is C47H86O. The van der Waals surface area contributed by atoms with Gasteiger partial charge in [0.05, 0.1) is 6.10 Å². The summed E-state index contributed by atoms with van der Waals surface area (Å²) in [6.07, 6.45) is 41.8. The molecule has 0 aliphatic heterocycles. The van der Waals surface area contributed by atoms with E-state index in [4.69, 9.17) is 4.74 Å². The summed E-state index contributed by atoms with van der Waals surface area (Å²) < 4.78 is 6.57. The van der Waals surface area contributed by atoms with Gasteiger partial charge < -0.3 is 4.74 Å². The maximum atomic E-state index is 6.57. The molecule has 9 atom stereocenters. The fourth-order valence-electron chi connectivity index (χ4n) is 12.0. The normalized spacial score (nSPS) is 32.8. The van der Waals surface area contributed by atoms with Crippen LogP contribution >= 0.6 is 0 Å². The number of rotatable bonds is 24. The Kier molecular flexibility index (Phi) is 17.4. The van der Waals surface area contributed by atoms with Gasteiger partial charge in [-0.15, -0.1) is 0 Å². The molecule has 4 aliphatic carbocycles. The van der Waals surface area contributed by atoms with E-state index in [9.17, 15) is 0 Å². The van der Waals surface area contributed by atoms with E-state index in [1.54, 1.807) is 5.57 Å². The van der Waals surface area contributed by atoms with Crippen molar-refractivity contribution in [3.63, 3.8) is 0 Å². The van der Waals surface area contributed by atoms with Gasteiger partial charge in [-0.1, -0.05) is 176 Å². The highest BCUT2D eigenvalue weighted by Gasteiger charge is 2.59. The van der Waals surface area contributed by atoms with Gasteiger partial charge in [0, 0.05) is 6.61 Å². The molecule has 4 rings (SSSR count). The summed E-state index contributed by atoms with van der Waals surface area (Å²) in [6, 6.07) is 0. The standard InChI is InChI=1S/C47H86O/c1-8-38(4)25-21-19-17-15-13-11-9-10-12-14-16-18-20-22-35-48-41-31-33-46(6)40(36-41)27-28-42-44-30-29-43(39(5)26-23-24-37(2)3)47(44,7)34-32-45(42)46/h27,37-39,41-45H,8-26,28-36H2,1-7H3/t38?,39?,41-,42?,43?,44?,45?,46?,47?/m0/s1. The second-order valence-electron chi connectivity index (χ2n) is 19.3. The van der Waals surface area contributed by atoms with Crippen LogP contribution in [0.15, 0.2) is 11.6 Å². The Hall–Kier alpha value is -0.300. The minimum atomic E-state index is 0.456. The predicted octanol–water partition coefficient (Wildman–Crippen LogP) is 15.3. The molecule has 4 aliphatic rings. The highest BCUT2D eigenvalue weighted by molar-refractivity contribution is 5.25. The first kappa shape index (κ1) is 40.5. The van der Waals surface area contributed by atoms with Crippen molar-refractivity contribution >= 4 is 0 Å². The average molecular weight is 667 g/mol. The van der Waals surface area contributed by atoms with Gasteiger partial charge in [0.1, 0.15) is 0 Å². The van der Waals surface area contributed by atoms with Gasteiger partial charge in [-0.05, 0) is 110 Å². The van der Waals surface area contributed by atoms with E-state index in [0.717, 1.165) is 48.0 Å². The monoisotopic (exact) mass is 667 g/mol. The first-order valence-electron chi connectivity index (χ1n) is 22.5. The molecule has 0 N–H and O–H groups in total. The van der Waals surface area contributed by atoms with Crippen molar-refractivity contribution < 1.29 is 4.74 Å². The predicted molar refractivity (Wildman–Crippen MR) is 211 cm³/mol. The molecule has 3 saturated carbocycles. The zero-order chi connectivity index (χ0) is 34.4. The lowest BCUT2D eigenvalue weighted by atomic mass is 9.47. The molecule has 0 saturated heterocycles. The van der Waals surface area contributed by atoms with Gasteiger partial charge in [0.25, 0.3) is 0 Å². The lowest BCUT2D eigenvalue weighted by molar-refractivity contribution is -0.0641. The van der Waals surface area contributed by atoms with Gasteiger partial charge in [0.2, 0.25) is 0 Å². The third-order valence-electron chi connectivity index (χ3n) is 15.4. The molecule has 0 radical (unpaired) electrons. The number of hydrogen-bond acceptors (Lipinski definition) is 1. The van der Waals surface area contributed by atoms with Crippen LogP contribution in [0.4, 0.5) is 0 Å². The Morgan fingerprint density at radius 1 is 0.667 bits per heavy atom. The van der Waals surface area contributed by atoms with Gasteiger partial charge >= 0.3 is 0 Å². The molecule has 0 bridgehead atoms. The second-order valence-corrected chi connectivity index (χ2v) is 19.3. The van der Waals surface area contributed by atoms with Gasteiger partial charge in [-0.25, -0.2) is 0 Å². The molecule has 0 aromatic carbocycles. The Labute approximate surface area is 302 Å². The quantitative estimate of drug-likeness (QED) is 0.0736. The third-order valence-corrected chi connectivity index (χ3v) is 15.4. The van der Waals surface area contributed by atoms with Crippen molar-refractivity contribution in [3.05, 3.63) is 11.6 Å². The second kappa shape index (κ2) is 20.7. The molecule has 0 heterocycles. The van der Waals surface area contributed by atoms with Crippen molar-refractivity contribution in [2.24, 2.45) is 52.3 Å². The van der Waals surface area contributed by atoms with Crippen molar-refractivity contribution in [1.29, 1.82) is 0 Å². The average Bonchev–Trinajstić information content (AvgIpc) is 3.43. The minimum absolute atomic E-state index is 0.456. The van der Waals surface area contributed by atoms with E-state index in [0.29, 0.717) is 16.9 Å². The molecule has 0 aromatic heterocycles. The van der Waals surface area contributed by atoms with Crippen LogP contribution in [0.25, 0.3) is 0 Å². The van der Waals surface area contributed by atoms with Crippen LogP contribution in [0.2, 0.25) is 0 Å². The van der Waals surface area contributed by atoms with Gasteiger partial charge in [0.15, 0.2) is 0 Å². The summed E-state index contributed by atoms with van der Waals surface area (Å²) in [5.74, 6) is 6.53. The Morgan fingerprint density at radius 3 is 1.92 bits per heavy atom. The minimum Gasteiger partial charge on any atom is -0.378 e.